The molecule has 2 N–H and O–H groups in total. The van der Waals surface area contributed by atoms with Crippen molar-refractivity contribution in [2.75, 3.05) is 6.54 Å². The van der Waals surface area contributed by atoms with E-state index in [4.69, 9.17) is 5.73 Å². The summed E-state index contributed by atoms with van der Waals surface area (Å²) < 4.78 is 0. The average molecular weight is 111 g/mol. The normalized spacial score (nSPS) is 32.6. The van der Waals surface area contributed by atoms with Gasteiger partial charge in [0, 0.05) is 0 Å². The third-order valence-electron chi connectivity index (χ3n) is 2.74. The quantitative estimate of drug-likeness (QED) is 0.568. The molecule has 0 atom stereocenters. The van der Waals surface area contributed by atoms with E-state index in [0.29, 0.717) is 5.41 Å². The van der Waals surface area contributed by atoms with Gasteiger partial charge in [0.05, 0.1) is 0 Å². The second-order valence-electron chi connectivity index (χ2n) is 3.34. The number of hydrogen-bond acceptors (Lipinski definition) is 1. The molecule has 0 heterocycles. The highest BCUT2D eigenvalue weighted by Crippen LogP contribution is 2.60. The van der Waals surface area contributed by atoms with E-state index in [2.05, 4.69) is 0 Å². The molecule has 0 spiro atoms. The first-order chi connectivity index (χ1) is 3.87. The number of rotatable bonds is 2. The molecule has 0 bridgehead atoms. The lowest BCUT2D eigenvalue weighted by Gasteiger charge is -2.07. The van der Waals surface area contributed by atoms with Gasteiger partial charge in [-0.05, 0) is 43.6 Å². The van der Waals surface area contributed by atoms with Crippen molar-refractivity contribution in [1.29, 1.82) is 0 Å². The highest BCUT2D eigenvalue weighted by molar-refractivity contribution is 5.04. The van der Waals surface area contributed by atoms with E-state index >= 15 is 0 Å². The van der Waals surface area contributed by atoms with E-state index in [9.17, 15) is 0 Å². The minimum Gasteiger partial charge on any atom is -0.330 e. The fraction of sp³-hybridized carbons (Fsp3) is 1.00. The summed E-state index contributed by atoms with van der Waals surface area (Å²) in [6, 6.07) is 0. The standard InChI is InChI=1S/C7H13N/c8-5-7(3-4-7)6-1-2-6/h6H,1-5,8H2. The first-order valence-corrected chi connectivity index (χ1v) is 3.57. The molecule has 0 unspecified atom stereocenters. The lowest BCUT2D eigenvalue weighted by molar-refractivity contribution is 0.453. The fourth-order valence-corrected chi connectivity index (χ4v) is 1.64. The Kier molecular flexibility index (Phi) is 0.762. The summed E-state index contributed by atoms with van der Waals surface area (Å²) in [5.74, 6) is 1.05. The first kappa shape index (κ1) is 4.80. The van der Waals surface area contributed by atoms with Gasteiger partial charge in [-0.2, -0.15) is 0 Å². The maximum atomic E-state index is 5.61. The highest BCUT2D eigenvalue weighted by Gasteiger charge is 2.52. The van der Waals surface area contributed by atoms with Crippen LogP contribution < -0.4 is 5.73 Å². The Hall–Kier alpha value is -0.0400. The molecular formula is C7H13N. The van der Waals surface area contributed by atoms with Crippen LogP contribution in [0, 0.1) is 11.3 Å². The van der Waals surface area contributed by atoms with Gasteiger partial charge in [0.15, 0.2) is 0 Å². The van der Waals surface area contributed by atoms with Gasteiger partial charge in [0.2, 0.25) is 0 Å². The highest BCUT2D eigenvalue weighted by atomic mass is 14.7. The first-order valence-electron chi connectivity index (χ1n) is 3.57. The molecule has 8 heavy (non-hydrogen) atoms. The van der Waals surface area contributed by atoms with Gasteiger partial charge in [-0.1, -0.05) is 0 Å². The Morgan fingerprint density at radius 1 is 1.38 bits per heavy atom. The van der Waals surface area contributed by atoms with Gasteiger partial charge < -0.3 is 5.73 Å². The van der Waals surface area contributed by atoms with Crippen LogP contribution in [0.4, 0.5) is 0 Å². The molecule has 0 aromatic heterocycles. The maximum Gasteiger partial charge on any atom is -0.00179 e. The van der Waals surface area contributed by atoms with E-state index in [1.54, 1.807) is 0 Å². The molecular weight excluding hydrogens is 98.1 g/mol. The topological polar surface area (TPSA) is 26.0 Å². The molecule has 0 saturated heterocycles. The maximum absolute atomic E-state index is 5.61. The van der Waals surface area contributed by atoms with Gasteiger partial charge >= 0.3 is 0 Å². The van der Waals surface area contributed by atoms with E-state index in [1.807, 2.05) is 0 Å². The summed E-state index contributed by atoms with van der Waals surface area (Å²) in [7, 11) is 0. The summed E-state index contributed by atoms with van der Waals surface area (Å²) in [6.07, 6.45) is 5.79. The molecule has 1 heteroatoms. The van der Waals surface area contributed by atoms with Gasteiger partial charge in [0.1, 0.15) is 0 Å². The van der Waals surface area contributed by atoms with Crippen LogP contribution in [0.2, 0.25) is 0 Å². The van der Waals surface area contributed by atoms with Crippen molar-refractivity contribution < 1.29 is 0 Å². The molecule has 2 aliphatic rings. The van der Waals surface area contributed by atoms with Crippen LogP contribution in [0.3, 0.4) is 0 Å². The van der Waals surface area contributed by atoms with E-state index < -0.39 is 0 Å². The predicted molar refractivity (Wildman–Crippen MR) is 33.4 cm³/mol. The van der Waals surface area contributed by atoms with E-state index in [1.165, 1.54) is 25.7 Å². The van der Waals surface area contributed by atoms with Crippen molar-refractivity contribution in [3.05, 3.63) is 0 Å². The van der Waals surface area contributed by atoms with E-state index in [-0.39, 0.29) is 0 Å². The fourth-order valence-electron chi connectivity index (χ4n) is 1.64. The summed E-state index contributed by atoms with van der Waals surface area (Å²) in [6.45, 7) is 0.956. The van der Waals surface area contributed by atoms with Crippen molar-refractivity contribution in [3.63, 3.8) is 0 Å². The molecule has 0 aromatic rings. The smallest absolute Gasteiger partial charge is 0.00179 e. The van der Waals surface area contributed by atoms with Crippen LogP contribution in [-0.2, 0) is 0 Å². The van der Waals surface area contributed by atoms with Crippen LogP contribution in [0.5, 0.6) is 0 Å². The molecule has 46 valence electrons. The molecule has 2 rings (SSSR count). The second-order valence-corrected chi connectivity index (χ2v) is 3.34. The summed E-state index contributed by atoms with van der Waals surface area (Å²) in [5, 5.41) is 0. The van der Waals surface area contributed by atoms with Crippen LogP contribution in [0.25, 0.3) is 0 Å². The molecule has 0 radical (unpaired) electrons. The summed E-state index contributed by atoms with van der Waals surface area (Å²) in [4.78, 5) is 0. The van der Waals surface area contributed by atoms with E-state index in [0.717, 1.165) is 12.5 Å². The van der Waals surface area contributed by atoms with Gasteiger partial charge in [-0.15, -0.1) is 0 Å². The van der Waals surface area contributed by atoms with Crippen LogP contribution >= 0.6 is 0 Å². The Balaban J connectivity index is 1.99. The van der Waals surface area contributed by atoms with Crippen molar-refractivity contribution in [2.24, 2.45) is 17.1 Å². The summed E-state index contributed by atoms with van der Waals surface area (Å²) in [5.41, 5.74) is 6.29. The molecule has 1 nitrogen and oxygen atoms in total. The predicted octanol–water partition coefficient (Wildman–Crippen LogP) is 1.14. The molecule has 0 aromatic carbocycles. The zero-order chi connectivity index (χ0) is 5.61. The molecule has 2 aliphatic carbocycles. The average Bonchev–Trinajstić information content (AvgIpc) is 2.63. The molecule has 0 aliphatic heterocycles. The number of hydrogen-bond donors (Lipinski definition) is 1. The zero-order valence-electron chi connectivity index (χ0n) is 5.19. The van der Waals surface area contributed by atoms with Crippen LogP contribution in [0.15, 0.2) is 0 Å². The number of nitrogens with two attached hydrogens (primary N) is 1. The van der Waals surface area contributed by atoms with Gasteiger partial charge in [-0.3, -0.25) is 0 Å². The Morgan fingerprint density at radius 2 is 2.00 bits per heavy atom. The Labute approximate surface area is 50.3 Å². The lowest BCUT2D eigenvalue weighted by atomic mass is 10.0. The van der Waals surface area contributed by atoms with Crippen LogP contribution in [0.1, 0.15) is 25.7 Å². The van der Waals surface area contributed by atoms with Crippen LogP contribution in [-0.4, -0.2) is 6.54 Å². The molecule has 2 fully saturated rings. The van der Waals surface area contributed by atoms with Crippen molar-refractivity contribution in [3.8, 4) is 0 Å². The third-order valence-corrected chi connectivity index (χ3v) is 2.74. The van der Waals surface area contributed by atoms with Crippen molar-refractivity contribution >= 4 is 0 Å². The minimum absolute atomic E-state index is 0.681. The lowest BCUT2D eigenvalue weighted by Crippen LogP contribution is -2.16. The van der Waals surface area contributed by atoms with Crippen molar-refractivity contribution in [2.45, 2.75) is 25.7 Å². The third kappa shape index (κ3) is 0.510. The van der Waals surface area contributed by atoms with Crippen molar-refractivity contribution in [1.82, 2.24) is 0 Å². The molecule has 0 amide bonds. The Morgan fingerprint density at radius 3 is 2.12 bits per heavy atom. The minimum atomic E-state index is 0.681. The SMILES string of the molecule is NCC1(C2CC2)CC1. The second kappa shape index (κ2) is 1.27. The largest absolute Gasteiger partial charge is 0.330 e. The summed E-state index contributed by atoms with van der Waals surface area (Å²) >= 11 is 0. The Bertz CT molecular complexity index is 101. The zero-order valence-corrected chi connectivity index (χ0v) is 5.19. The monoisotopic (exact) mass is 111 g/mol. The van der Waals surface area contributed by atoms with Gasteiger partial charge in [0.25, 0.3) is 0 Å². The van der Waals surface area contributed by atoms with Gasteiger partial charge in [-0.25, -0.2) is 0 Å². The molecule has 2 saturated carbocycles.